The first-order valence-corrected chi connectivity index (χ1v) is 9.18. The van der Waals surface area contributed by atoms with E-state index in [-0.39, 0.29) is 5.41 Å². The number of hydrogen-bond donors (Lipinski definition) is 0. The zero-order valence-corrected chi connectivity index (χ0v) is 15.9. The smallest absolute Gasteiger partial charge is 0.118 e. The van der Waals surface area contributed by atoms with Gasteiger partial charge in [0.15, 0.2) is 0 Å². The van der Waals surface area contributed by atoms with Crippen LogP contribution in [0.1, 0.15) is 38.2 Å². The molecule has 2 aliphatic rings. The van der Waals surface area contributed by atoms with Crippen LogP contribution in [-0.4, -0.2) is 38.5 Å². The van der Waals surface area contributed by atoms with Crippen molar-refractivity contribution >= 4 is 5.71 Å². The minimum absolute atomic E-state index is 0.283. The van der Waals surface area contributed by atoms with E-state index in [0.29, 0.717) is 12.5 Å². The Bertz CT molecular complexity index is 648. The topological polar surface area (TPSA) is 34.1 Å². The summed E-state index contributed by atoms with van der Waals surface area (Å²) in [4.78, 5) is 0. The molecular formula is C21H30N2O2. The van der Waals surface area contributed by atoms with E-state index in [9.17, 15) is 0 Å². The molecule has 0 heterocycles. The molecule has 4 heteroatoms. The fourth-order valence-electron chi connectivity index (χ4n) is 4.10. The molecule has 0 unspecified atom stereocenters. The van der Waals surface area contributed by atoms with Gasteiger partial charge in [0.2, 0.25) is 0 Å². The quantitative estimate of drug-likeness (QED) is 0.724. The van der Waals surface area contributed by atoms with Crippen molar-refractivity contribution in [1.29, 1.82) is 0 Å². The lowest BCUT2D eigenvalue weighted by molar-refractivity contribution is 0.0530. The number of methoxy groups -OCH3 is 1. The summed E-state index contributed by atoms with van der Waals surface area (Å²) in [5.41, 5.74) is 4.27. The van der Waals surface area contributed by atoms with Crippen LogP contribution in [-0.2, 0) is 11.3 Å². The predicted octanol–water partition coefficient (Wildman–Crippen LogP) is 4.27. The second-order valence-corrected chi connectivity index (χ2v) is 7.62. The molecule has 1 aromatic carbocycles. The van der Waals surface area contributed by atoms with Crippen molar-refractivity contribution < 1.29 is 9.47 Å². The average molecular weight is 342 g/mol. The molecule has 1 aromatic rings. The molecule has 0 aliphatic heterocycles. The molecule has 2 atom stereocenters. The van der Waals surface area contributed by atoms with E-state index in [1.165, 1.54) is 30.5 Å². The summed E-state index contributed by atoms with van der Waals surface area (Å²) in [6.07, 6.45) is 6.99. The summed E-state index contributed by atoms with van der Waals surface area (Å²) >= 11 is 0. The molecule has 0 aromatic heterocycles. The maximum atomic E-state index is 6.08. The monoisotopic (exact) mass is 342 g/mol. The van der Waals surface area contributed by atoms with Crippen molar-refractivity contribution in [3.05, 3.63) is 41.5 Å². The first-order chi connectivity index (χ1) is 12.0. The Labute approximate surface area is 151 Å². The van der Waals surface area contributed by atoms with Crippen molar-refractivity contribution in [2.45, 2.75) is 39.2 Å². The first kappa shape index (κ1) is 18.0. The molecule has 25 heavy (non-hydrogen) atoms. The highest BCUT2D eigenvalue weighted by molar-refractivity contribution is 5.96. The highest BCUT2D eigenvalue weighted by Crippen LogP contribution is 2.52. The zero-order chi connectivity index (χ0) is 17.9. The molecule has 0 radical (unpaired) electrons. The van der Waals surface area contributed by atoms with E-state index < -0.39 is 0 Å². The zero-order valence-electron chi connectivity index (χ0n) is 15.9. The molecule has 0 spiro atoms. The number of rotatable bonds is 6. The molecule has 3 rings (SSSR count). The van der Waals surface area contributed by atoms with Crippen LogP contribution in [0.4, 0.5) is 0 Å². The minimum atomic E-state index is 0.283. The number of hydrazone groups is 1. The van der Waals surface area contributed by atoms with Crippen LogP contribution in [0.25, 0.3) is 0 Å². The van der Waals surface area contributed by atoms with Gasteiger partial charge in [-0.15, -0.1) is 0 Å². The van der Waals surface area contributed by atoms with Crippen molar-refractivity contribution in [1.82, 2.24) is 5.01 Å². The lowest BCUT2D eigenvalue weighted by Gasteiger charge is -2.36. The molecule has 1 fully saturated rings. The molecule has 1 saturated carbocycles. The van der Waals surface area contributed by atoms with Crippen molar-refractivity contribution in [3.63, 3.8) is 0 Å². The summed E-state index contributed by atoms with van der Waals surface area (Å²) in [5, 5.41) is 6.50. The number of ether oxygens (including phenoxy) is 2. The second-order valence-electron chi connectivity index (χ2n) is 7.62. The van der Waals surface area contributed by atoms with Crippen molar-refractivity contribution in [2.24, 2.45) is 16.4 Å². The Kier molecular flexibility index (Phi) is 5.48. The lowest BCUT2D eigenvalue weighted by atomic mass is 9.70. The van der Waals surface area contributed by atoms with Crippen LogP contribution >= 0.6 is 0 Å². The summed E-state index contributed by atoms with van der Waals surface area (Å²) in [7, 11) is 5.67. The number of nitrogens with zero attached hydrogens (tertiary/aromatic N) is 2. The van der Waals surface area contributed by atoms with Gasteiger partial charge < -0.3 is 14.5 Å². The van der Waals surface area contributed by atoms with Crippen LogP contribution in [0.15, 0.2) is 41.0 Å². The third kappa shape index (κ3) is 4.06. The highest BCUT2D eigenvalue weighted by atomic mass is 16.5. The third-order valence-electron chi connectivity index (χ3n) is 5.71. The largest absolute Gasteiger partial charge is 0.497 e. The Morgan fingerprint density at radius 3 is 2.64 bits per heavy atom. The van der Waals surface area contributed by atoms with Gasteiger partial charge in [0, 0.05) is 14.1 Å². The molecule has 4 nitrogen and oxygen atoms in total. The van der Waals surface area contributed by atoms with Crippen LogP contribution in [0.5, 0.6) is 5.75 Å². The number of allylic oxidation sites excluding steroid dienone is 2. The Hall–Kier alpha value is -1.81. The lowest BCUT2D eigenvalue weighted by Crippen LogP contribution is -2.31. The van der Waals surface area contributed by atoms with Gasteiger partial charge in [-0.1, -0.05) is 24.6 Å². The summed E-state index contributed by atoms with van der Waals surface area (Å²) in [6, 6.07) is 8.13. The van der Waals surface area contributed by atoms with Crippen molar-refractivity contribution in [2.75, 3.05) is 27.8 Å². The Morgan fingerprint density at radius 2 is 1.96 bits per heavy atom. The SMILES string of the molecule is COc1ccc(COC[C@H]2CCC3=C/C(=N/N(C)C)CC[C@@]32C)cc1. The summed E-state index contributed by atoms with van der Waals surface area (Å²) < 4.78 is 11.3. The van der Waals surface area contributed by atoms with E-state index >= 15 is 0 Å². The van der Waals surface area contributed by atoms with Crippen LogP contribution in [0.3, 0.4) is 0 Å². The Balaban J connectivity index is 1.57. The number of hydrogen-bond acceptors (Lipinski definition) is 4. The molecule has 136 valence electrons. The highest BCUT2D eigenvalue weighted by Gasteiger charge is 2.44. The number of fused-ring (bicyclic) bond motifs is 1. The number of benzene rings is 1. The molecule has 2 aliphatic carbocycles. The van der Waals surface area contributed by atoms with Crippen LogP contribution in [0, 0.1) is 11.3 Å². The van der Waals surface area contributed by atoms with Gasteiger partial charge in [-0.2, -0.15) is 5.10 Å². The van der Waals surface area contributed by atoms with Gasteiger partial charge in [-0.05, 0) is 60.8 Å². The fourth-order valence-corrected chi connectivity index (χ4v) is 4.10. The first-order valence-electron chi connectivity index (χ1n) is 9.18. The molecular weight excluding hydrogens is 312 g/mol. The van der Waals surface area contributed by atoms with Crippen LogP contribution < -0.4 is 4.74 Å². The van der Waals surface area contributed by atoms with Gasteiger partial charge in [-0.25, -0.2) is 0 Å². The van der Waals surface area contributed by atoms with E-state index in [4.69, 9.17) is 9.47 Å². The maximum Gasteiger partial charge on any atom is 0.118 e. The predicted molar refractivity (Wildman–Crippen MR) is 102 cm³/mol. The molecule has 0 saturated heterocycles. The minimum Gasteiger partial charge on any atom is -0.497 e. The van der Waals surface area contributed by atoms with Crippen LogP contribution in [0.2, 0.25) is 0 Å². The van der Waals surface area contributed by atoms with Gasteiger partial charge >= 0.3 is 0 Å². The van der Waals surface area contributed by atoms with E-state index in [1.807, 2.05) is 31.2 Å². The van der Waals surface area contributed by atoms with E-state index in [2.05, 4.69) is 30.2 Å². The van der Waals surface area contributed by atoms with Gasteiger partial charge in [-0.3, -0.25) is 0 Å². The Morgan fingerprint density at radius 1 is 1.20 bits per heavy atom. The van der Waals surface area contributed by atoms with E-state index in [0.717, 1.165) is 18.8 Å². The molecule has 0 amide bonds. The fraction of sp³-hybridized carbons (Fsp3) is 0.571. The normalized spacial score (nSPS) is 27.1. The second kappa shape index (κ2) is 7.61. The van der Waals surface area contributed by atoms with Gasteiger partial charge in [0.05, 0.1) is 26.0 Å². The van der Waals surface area contributed by atoms with E-state index in [1.54, 1.807) is 12.7 Å². The van der Waals surface area contributed by atoms with Gasteiger partial charge in [0.25, 0.3) is 0 Å². The van der Waals surface area contributed by atoms with Crippen molar-refractivity contribution in [3.8, 4) is 5.75 Å². The van der Waals surface area contributed by atoms with Gasteiger partial charge in [0.1, 0.15) is 5.75 Å². The molecule has 0 bridgehead atoms. The third-order valence-corrected chi connectivity index (χ3v) is 5.71. The maximum absolute atomic E-state index is 6.08. The summed E-state index contributed by atoms with van der Waals surface area (Å²) in [6.45, 7) is 3.92. The average Bonchev–Trinajstić information content (AvgIpc) is 2.91. The molecule has 0 N–H and O–H groups in total. The summed E-state index contributed by atoms with van der Waals surface area (Å²) in [5.74, 6) is 1.50. The standard InChI is InChI=1S/C21H30N2O2/c1-21-12-11-19(22-23(2)3)13-17(21)7-8-18(21)15-25-14-16-5-9-20(24-4)10-6-16/h5-6,9-10,13,18H,7-8,11-12,14-15H2,1-4H3/b22-19+/t18-,21+/m1/s1.